The highest BCUT2D eigenvalue weighted by atomic mass is 32.2. The number of thioether (sulfide) groups is 1. The maximum atomic E-state index is 10.4. The van der Waals surface area contributed by atoms with E-state index in [2.05, 4.69) is 13.8 Å². The Hall–Kier alpha value is -0.670. The Morgan fingerprint density at radius 1 is 1.28 bits per heavy atom. The second-order valence-electron chi connectivity index (χ2n) is 6.38. The van der Waals surface area contributed by atoms with Crippen LogP contribution in [0.1, 0.15) is 38.4 Å². The normalized spacial score (nSPS) is 33.8. The zero-order valence-corrected chi connectivity index (χ0v) is 11.8. The fourth-order valence-electron chi connectivity index (χ4n) is 3.27. The molecule has 2 nitrogen and oxygen atoms in total. The van der Waals surface area contributed by atoms with Gasteiger partial charge in [0.2, 0.25) is 0 Å². The molecule has 1 spiro atoms. The van der Waals surface area contributed by atoms with Crippen LogP contribution in [0.3, 0.4) is 0 Å². The lowest BCUT2D eigenvalue weighted by Crippen LogP contribution is -2.50. The lowest BCUT2D eigenvalue weighted by molar-refractivity contribution is -0.0254. The van der Waals surface area contributed by atoms with E-state index < -0.39 is 0 Å². The monoisotopic (exact) mass is 264 g/mol. The fourth-order valence-corrected chi connectivity index (χ4v) is 4.68. The smallest absolute Gasteiger partial charge is 0.125 e. The summed E-state index contributed by atoms with van der Waals surface area (Å²) in [4.78, 5) is 0. The molecule has 0 aliphatic carbocycles. The third-order valence-corrected chi connectivity index (χ3v) is 5.54. The molecule has 1 unspecified atom stereocenters. The summed E-state index contributed by atoms with van der Waals surface area (Å²) in [6.07, 6.45) is 1.36. The summed E-state index contributed by atoms with van der Waals surface area (Å²) in [6.45, 7) is 4.58. The molecule has 1 fully saturated rings. The molecule has 0 saturated carbocycles. The van der Waals surface area contributed by atoms with Gasteiger partial charge in [0.05, 0.1) is 6.10 Å². The van der Waals surface area contributed by atoms with Crippen molar-refractivity contribution >= 4 is 11.8 Å². The van der Waals surface area contributed by atoms with Crippen LogP contribution in [0.5, 0.6) is 5.75 Å². The number of para-hydroxylation sites is 1. The van der Waals surface area contributed by atoms with E-state index in [0.717, 1.165) is 29.9 Å². The van der Waals surface area contributed by atoms with E-state index in [-0.39, 0.29) is 17.1 Å². The van der Waals surface area contributed by atoms with Gasteiger partial charge in [-0.25, -0.2) is 0 Å². The third-order valence-electron chi connectivity index (χ3n) is 3.83. The second kappa shape index (κ2) is 4.17. The lowest BCUT2D eigenvalue weighted by atomic mass is 9.77. The lowest BCUT2D eigenvalue weighted by Gasteiger charge is -2.48. The predicted octanol–water partition coefficient (Wildman–Crippen LogP) is 3.40. The molecule has 1 saturated heterocycles. The summed E-state index contributed by atoms with van der Waals surface area (Å²) >= 11 is 1.95. The van der Waals surface area contributed by atoms with Crippen LogP contribution in [-0.4, -0.2) is 22.2 Å². The molecule has 3 rings (SSSR count). The van der Waals surface area contributed by atoms with Crippen molar-refractivity contribution in [3.05, 3.63) is 29.8 Å². The summed E-state index contributed by atoms with van der Waals surface area (Å²) in [5, 5.41) is 10.4. The average Bonchev–Trinajstić information content (AvgIpc) is 2.27. The maximum Gasteiger partial charge on any atom is 0.125 e. The number of aliphatic hydroxyl groups is 1. The van der Waals surface area contributed by atoms with Crippen LogP contribution >= 0.6 is 11.8 Å². The van der Waals surface area contributed by atoms with E-state index in [0.29, 0.717) is 0 Å². The Bertz CT molecular complexity index is 458. The van der Waals surface area contributed by atoms with Gasteiger partial charge >= 0.3 is 0 Å². The molecule has 3 heteroatoms. The molecule has 1 aromatic carbocycles. The molecule has 2 heterocycles. The fraction of sp³-hybridized carbons (Fsp3) is 0.600. The minimum absolute atomic E-state index is 0.180. The Kier molecular flexibility index (Phi) is 2.87. The highest BCUT2D eigenvalue weighted by Crippen LogP contribution is 2.49. The Labute approximate surface area is 113 Å². The van der Waals surface area contributed by atoms with Gasteiger partial charge in [0.25, 0.3) is 0 Å². The molecule has 0 amide bonds. The summed E-state index contributed by atoms with van der Waals surface area (Å²) in [5.74, 6) is 3.03. The molecule has 2 aliphatic heterocycles. The van der Waals surface area contributed by atoms with Gasteiger partial charge in [-0.15, -0.1) is 0 Å². The van der Waals surface area contributed by atoms with Gasteiger partial charge in [0.15, 0.2) is 0 Å². The number of hydrogen-bond donors (Lipinski definition) is 1. The van der Waals surface area contributed by atoms with Crippen molar-refractivity contribution in [2.24, 2.45) is 5.41 Å². The highest BCUT2D eigenvalue weighted by Gasteiger charge is 2.46. The first-order valence-corrected chi connectivity index (χ1v) is 7.69. The molecule has 0 aromatic heterocycles. The number of rotatable bonds is 0. The average molecular weight is 264 g/mol. The van der Waals surface area contributed by atoms with E-state index in [1.165, 1.54) is 5.75 Å². The van der Waals surface area contributed by atoms with E-state index in [1.54, 1.807) is 0 Å². The Morgan fingerprint density at radius 3 is 2.83 bits per heavy atom. The molecule has 18 heavy (non-hydrogen) atoms. The first-order chi connectivity index (χ1) is 8.50. The first-order valence-electron chi connectivity index (χ1n) is 6.54. The molecule has 2 aliphatic rings. The van der Waals surface area contributed by atoms with Crippen LogP contribution < -0.4 is 4.74 Å². The van der Waals surface area contributed by atoms with E-state index in [4.69, 9.17) is 4.74 Å². The van der Waals surface area contributed by atoms with Crippen LogP contribution in [0.4, 0.5) is 0 Å². The quantitative estimate of drug-likeness (QED) is 0.778. The van der Waals surface area contributed by atoms with Crippen LogP contribution in [0.25, 0.3) is 0 Å². The van der Waals surface area contributed by atoms with Crippen LogP contribution in [0.2, 0.25) is 0 Å². The number of aliphatic hydroxyl groups excluding tert-OH is 1. The molecular formula is C15H20O2S. The van der Waals surface area contributed by atoms with Crippen LogP contribution in [0.15, 0.2) is 24.3 Å². The van der Waals surface area contributed by atoms with E-state index in [1.807, 2.05) is 36.0 Å². The number of benzene rings is 1. The van der Waals surface area contributed by atoms with E-state index >= 15 is 0 Å². The Balaban J connectivity index is 1.93. The van der Waals surface area contributed by atoms with E-state index in [9.17, 15) is 5.11 Å². The first kappa shape index (κ1) is 12.4. The van der Waals surface area contributed by atoms with Crippen molar-refractivity contribution in [2.75, 3.05) is 11.5 Å². The summed E-state index contributed by atoms with van der Waals surface area (Å²) in [7, 11) is 0. The van der Waals surface area contributed by atoms with Crippen molar-refractivity contribution in [3.8, 4) is 5.75 Å². The Morgan fingerprint density at radius 2 is 2.06 bits per heavy atom. The molecule has 98 valence electrons. The van der Waals surface area contributed by atoms with Crippen molar-refractivity contribution in [1.29, 1.82) is 0 Å². The van der Waals surface area contributed by atoms with Crippen molar-refractivity contribution < 1.29 is 9.84 Å². The second-order valence-corrected chi connectivity index (χ2v) is 7.36. The zero-order chi connectivity index (χ0) is 12.8. The topological polar surface area (TPSA) is 29.5 Å². The largest absolute Gasteiger partial charge is 0.486 e. The minimum atomic E-state index is -0.385. The van der Waals surface area contributed by atoms with Gasteiger partial charge in [-0.3, -0.25) is 0 Å². The van der Waals surface area contributed by atoms with Gasteiger partial charge in [-0.1, -0.05) is 32.0 Å². The van der Waals surface area contributed by atoms with Crippen molar-refractivity contribution in [2.45, 2.75) is 38.4 Å². The van der Waals surface area contributed by atoms with Gasteiger partial charge < -0.3 is 9.84 Å². The predicted molar refractivity (Wildman–Crippen MR) is 75.1 cm³/mol. The molecule has 2 atom stereocenters. The number of fused-ring (bicyclic) bond motifs is 1. The van der Waals surface area contributed by atoms with Gasteiger partial charge in [-0.2, -0.15) is 11.8 Å². The van der Waals surface area contributed by atoms with Gasteiger partial charge in [0, 0.05) is 17.7 Å². The molecule has 0 bridgehead atoms. The molecule has 0 radical (unpaired) electrons. The standard InChI is InChI=1S/C15H20O2S/c1-14(2)8-15(10-18-9-14)7-12(16)11-5-3-4-6-13(11)17-15/h3-6,12,16H,7-10H2,1-2H3/t12-,15?/m0/s1. The van der Waals surface area contributed by atoms with Crippen LogP contribution in [0, 0.1) is 5.41 Å². The zero-order valence-electron chi connectivity index (χ0n) is 11.0. The number of hydrogen-bond acceptors (Lipinski definition) is 3. The summed E-state index contributed by atoms with van der Waals surface area (Å²) in [6, 6.07) is 7.88. The van der Waals surface area contributed by atoms with Gasteiger partial charge in [0.1, 0.15) is 11.4 Å². The number of ether oxygens (including phenoxy) is 1. The molecular weight excluding hydrogens is 244 g/mol. The molecule has 1 N–H and O–H groups in total. The highest BCUT2D eigenvalue weighted by molar-refractivity contribution is 7.99. The van der Waals surface area contributed by atoms with Crippen LogP contribution in [-0.2, 0) is 0 Å². The SMILES string of the molecule is CC1(C)CSCC2(C[C@H](O)c3ccccc3O2)C1. The van der Waals surface area contributed by atoms with Crippen molar-refractivity contribution in [3.63, 3.8) is 0 Å². The summed E-state index contributed by atoms with van der Waals surface area (Å²) in [5.41, 5.74) is 1.05. The maximum absolute atomic E-state index is 10.4. The minimum Gasteiger partial charge on any atom is -0.486 e. The summed E-state index contributed by atoms with van der Waals surface area (Å²) < 4.78 is 6.29. The van der Waals surface area contributed by atoms with Crippen molar-refractivity contribution in [1.82, 2.24) is 0 Å². The molecule has 1 aromatic rings. The third kappa shape index (κ3) is 2.14. The van der Waals surface area contributed by atoms with Gasteiger partial charge in [-0.05, 0) is 23.7 Å².